The highest BCUT2D eigenvalue weighted by Crippen LogP contribution is 2.20. The smallest absolute Gasteiger partial charge is 0.0318 e. The fourth-order valence-corrected chi connectivity index (χ4v) is 2.78. The van der Waals surface area contributed by atoms with E-state index in [0.29, 0.717) is 6.04 Å². The minimum Gasteiger partial charge on any atom is -0.309 e. The number of nitrogens with one attached hydrogen (secondary N) is 1. The number of halogens is 1. The maximum atomic E-state index is 3.67. The Morgan fingerprint density at radius 1 is 1.21 bits per heavy atom. The Hall–Kier alpha value is -0.380. The lowest BCUT2D eigenvalue weighted by Gasteiger charge is -2.23. The highest BCUT2D eigenvalue weighted by molar-refractivity contribution is 9.10. The van der Waals surface area contributed by atoms with E-state index < -0.39 is 0 Å². The summed E-state index contributed by atoms with van der Waals surface area (Å²) in [5, 5.41) is 3.67. The summed E-state index contributed by atoms with van der Waals surface area (Å²) in [7, 11) is 0. The number of benzene rings is 1. The summed E-state index contributed by atoms with van der Waals surface area (Å²) in [6.45, 7) is 11.2. The molecule has 1 unspecified atom stereocenters. The molecule has 0 fully saturated rings. The molecule has 108 valence electrons. The van der Waals surface area contributed by atoms with E-state index in [1.807, 2.05) is 0 Å². The summed E-state index contributed by atoms with van der Waals surface area (Å²) in [5.74, 6) is 0. The Morgan fingerprint density at radius 3 is 2.58 bits per heavy atom. The standard InChI is InChI=1S/C16H27BrN2/c1-4-11-19(6-3)12-10-18-16(5-2)14-8-7-9-15(17)13-14/h7-9,13,16,18H,4-6,10-12H2,1-3H3. The van der Waals surface area contributed by atoms with Gasteiger partial charge in [-0.2, -0.15) is 0 Å². The molecule has 0 aliphatic heterocycles. The third-order valence-electron chi connectivity index (χ3n) is 3.47. The maximum absolute atomic E-state index is 3.67. The van der Waals surface area contributed by atoms with Crippen molar-refractivity contribution in [3.8, 4) is 0 Å². The number of rotatable bonds is 9. The van der Waals surface area contributed by atoms with Gasteiger partial charge in [0.05, 0.1) is 0 Å². The minimum atomic E-state index is 0.456. The molecule has 1 N–H and O–H groups in total. The SMILES string of the molecule is CCCN(CC)CCNC(CC)c1cccc(Br)c1. The van der Waals surface area contributed by atoms with Crippen molar-refractivity contribution in [1.29, 1.82) is 0 Å². The fraction of sp³-hybridized carbons (Fsp3) is 0.625. The quantitative estimate of drug-likeness (QED) is 0.730. The van der Waals surface area contributed by atoms with Crippen LogP contribution >= 0.6 is 15.9 Å². The maximum Gasteiger partial charge on any atom is 0.0318 e. The normalized spacial score (nSPS) is 12.9. The van der Waals surface area contributed by atoms with Crippen LogP contribution in [0.3, 0.4) is 0 Å². The van der Waals surface area contributed by atoms with Crippen LogP contribution in [0.2, 0.25) is 0 Å². The molecular formula is C16H27BrN2. The first-order valence-electron chi connectivity index (χ1n) is 7.42. The lowest BCUT2D eigenvalue weighted by atomic mass is 10.0. The summed E-state index contributed by atoms with van der Waals surface area (Å²) >= 11 is 3.55. The first-order valence-corrected chi connectivity index (χ1v) is 8.21. The van der Waals surface area contributed by atoms with E-state index in [0.717, 1.165) is 30.5 Å². The zero-order valence-corrected chi connectivity index (χ0v) is 14.0. The monoisotopic (exact) mass is 326 g/mol. The molecule has 0 amide bonds. The van der Waals surface area contributed by atoms with Gasteiger partial charge in [0.15, 0.2) is 0 Å². The molecular weight excluding hydrogens is 300 g/mol. The minimum absolute atomic E-state index is 0.456. The van der Waals surface area contributed by atoms with Crippen molar-refractivity contribution in [2.24, 2.45) is 0 Å². The van der Waals surface area contributed by atoms with Crippen molar-refractivity contribution >= 4 is 15.9 Å². The topological polar surface area (TPSA) is 15.3 Å². The summed E-state index contributed by atoms with van der Waals surface area (Å²) in [6.07, 6.45) is 2.35. The van der Waals surface area contributed by atoms with Gasteiger partial charge in [-0.15, -0.1) is 0 Å². The third kappa shape index (κ3) is 6.07. The van der Waals surface area contributed by atoms with Crippen LogP contribution in [0.4, 0.5) is 0 Å². The highest BCUT2D eigenvalue weighted by Gasteiger charge is 2.09. The first kappa shape index (κ1) is 16.7. The lowest BCUT2D eigenvalue weighted by Crippen LogP contribution is -2.34. The van der Waals surface area contributed by atoms with E-state index in [-0.39, 0.29) is 0 Å². The molecule has 1 atom stereocenters. The van der Waals surface area contributed by atoms with E-state index in [1.165, 1.54) is 18.5 Å². The summed E-state index contributed by atoms with van der Waals surface area (Å²) in [6, 6.07) is 9.06. The zero-order valence-electron chi connectivity index (χ0n) is 12.5. The van der Waals surface area contributed by atoms with Crippen LogP contribution in [0.1, 0.15) is 45.2 Å². The second-order valence-electron chi connectivity index (χ2n) is 4.90. The molecule has 0 bridgehead atoms. The van der Waals surface area contributed by atoms with E-state index >= 15 is 0 Å². The molecule has 0 heterocycles. The Bertz CT molecular complexity index is 354. The molecule has 0 aliphatic rings. The van der Waals surface area contributed by atoms with Gasteiger partial charge in [-0.1, -0.05) is 48.8 Å². The molecule has 0 saturated heterocycles. The Kier molecular flexibility index (Phi) is 8.35. The number of hydrogen-bond acceptors (Lipinski definition) is 2. The predicted molar refractivity (Wildman–Crippen MR) is 87.6 cm³/mol. The van der Waals surface area contributed by atoms with E-state index in [9.17, 15) is 0 Å². The first-order chi connectivity index (χ1) is 9.21. The second kappa shape index (κ2) is 9.51. The molecule has 1 rings (SSSR count). The molecule has 1 aromatic rings. The van der Waals surface area contributed by atoms with Crippen LogP contribution < -0.4 is 5.32 Å². The van der Waals surface area contributed by atoms with Gasteiger partial charge in [0.1, 0.15) is 0 Å². The molecule has 3 heteroatoms. The third-order valence-corrected chi connectivity index (χ3v) is 3.96. The van der Waals surface area contributed by atoms with Gasteiger partial charge in [-0.05, 0) is 43.6 Å². The number of hydrogen-bond donors (Lipinski definition) is 1. The Morgan fingerprint density at radius 2 is 2.00 bits per heavy atom. The van der Waals surface area contributed by atoms with E-state index in [4.69, 9.17) is 0 Å². The van der Waals surface area contributed by atoms with Crippen LogP contribution in [0.5, 0.6) is 0 Å². The summed E-state index contributed by atoms with van der Waals surface area (Å²) in [5.41, 5.74) is 1.37. The van der Waals surface area contributed by atoms with Crippen molar-refractivity contribution in [2.75, 3.05) is 26.2 Å². The lowest BCUT2D eigenvalue weighted by molar-refractivity contribution is 0.282. The molecule has 0 aliphatic carbocycles. The van der Waals surface area contributed by atoms with Gasteiger partial charge in [0.25, 0.3) is 0 Å². The molecule has 0 saturated carbocycles. The van der Waals surface area contributed by atoms with E-state index in [2.05, 4.69) is 71.2 Å². The summed E-state index contributed by atoms with van der Waals surface area (Å²) in [4.78, 5) is 2.50. The predicted octanol–water partition coefficient (Wildman–Crippen LogP) is 4.22. The largest absolute Gasteiger partial charge is 0.309 e. The van der Waals surface area contributed by atoms with Crippen LogP contribution in [0.25, 0.3) is 0 Å². The van der Waals surface area contributed by atoms with Crippen molar-refractivity contribution in [3.05, 3.63) is 34.3 Å². The number of nitrogens with zero attached hydrogens (tertiary/aromatic N) is 1. The van der Waals surface area contributed by atoms with Gasteiger partial charge >= 0.3 is 0 Å². The fourth-order valence-electron chi connectivity index (χ4n) is 2.36. The zero-order chi connectivity index (χ0) is 14.1. The summed E-state index contributed by atoms with van der Waals surface area (Å²) < 4.78 is 1.16. The molecule has 19 heavy (non-hydrogen) atoms. The van der Waals surface area contributed by atoms with Crippen LogP contribution in [-0.2, 0) is 0 Å². The molecule has 0 aromatic heterocycles. The van der Waals surface area contributed by atoms with Crippen molar-refractivity contribution in [1.82, 2.24) is 10.2 Å². The number of likely N-dealkylation sites (N-methyl/N-ethyl adjacent to an activating group) is 1. The molecule has 2 nitrogen and oxygen atoms in total. The highest BCUT2D eigenvalue weighted by atomic mass is 79.9. The average molecular weight is 327 g/mol. The van der Waals surface area contributed by atoms with Gasteiger partial charge in [0, 0.05) is 23.6 Å². The Labute approximate surface area is 126 Å². The van der Waals surface area contributed by atoms with Crippen molar-refractivity contribution < 1.29 is 0 Å². The van der Waals surface area contributed by atoms with Gasteiger partial charge in [0.2, 0.25) is 0 Å². The molecule has 1 aromatic carbocycles. The Balaban J connectivity index is 2.45. The second-order valence-corrected chi connectivity index (χ2v) is 5.82. The van der Waals surface area contributed by atoms with Gasteiger partial charge < -0.3 is 10.2 Å². The van der Waals surface area contributed by atoms with Gasteiger partial charge in [-0.3, -0.25) is 0 Å². The van der Waals surface area contributed by atoms with Crippen LogP contribution in [0.15, 0.2) is 28.7 Å². The van der Waals surface area contributed by atoms with Crippen molar-refractivity contribution in [3.63, 3.8) is 0 Å². The van der Waals surface area contributed by atoms with Gasteiger partial charge in [-0.25, -0.2) is 0 Å². The van der Waals surface area contributed by atoms with Crippen LogP contribution in [0, 0.1) is 0 Å². The molecule has 0 spiro atoms. The van der Waals surface area contributed by atoms with Crippen molar-refractivity contribution in [2.45, 2.75) is 39.7 Å². The van der Waals surface area contributed by atoms with Crippen LogP contribution in [-0.4, -0.2) is 31.1 Å². The average Bonchev–Trinajstić information content (AvgIpc) is 2.42. The molecule has 0 radical (unpaired) electrons. The van der Waals surface area contributed by atoms with E-state index in [1.54, 1.807) is 0 Å².